The number of carbonyl (C=O) groups is 1. The molecule has 2 saturated heterocycles. The maximum absolute atomic E-state index is 12.6. The number of hydrogen-bond acceptors (Lipinski definition) is 20. The molecule has 25 nitrogen and oxygen atoms in total. The van der Waals surface area contributed by atoms with Gasteiger partial charge in [-0.2, -0.15) is 8.88 Å². The van der Waals surface area contributed by atoms with Crippen LogP contribution in [0.2, 0.25) is 0 Å². The molecule has 2 aliphatic heterocycles. The number of fused-ring (bicyclic) bond motifs is 1. The van der Waals surface area contributed by atoms with Crippen molar-refractivity contribution in [1.82, 2.24) is 19.5 Å². The van der Waals surface area contributed by atoms with Crippen molar-refractivity contribution in [1.29, 1.82) is 0 Å². The van der Waals surface area contributed by atoms with Crippen molar-refractivity contribution in [3.63, 3.8) is 0 Å². The Bertz CT molecular complexity index is 1880. The van der Waals surface area contributed by atoms with E-state index in [1.165, 1.54) is 46.3 Å². The van der Waals surface area contributed by atoms with E-state index in [1.54, 1.807) is 0 Å². The first-order chi connectivity index (χ1) is 27.7. The van der Waals surface area contributed by atoms with Gasteiger partial charge >= 0.3 is 15.6 Å². The number of rotatable bonds is 25. The van der Waals surface area contributed by atoms with Crippen LogP contribution in [0.4, 0.5) is 5.82 Å². The van der Waals surface area contributed by atoms with Crippen molar-refractivity contribution in [3.8, 4) is 0 Å². The van der Waals surface area contributed by atoms with E-state index in [-0.39, 0.29) is 11.2 Å². The molecule has 2 aliphatic rings. The molecule has 27 heteroatoms. The average Bonchev–Trinajstić information content (AvgIpc) is 3.84. The van der Waals surface area contributed by atoms with Crippen molar-refractivity contribution in [2.45, 2.75) is 61.9 Å². The summed E-state index contributed by atoms with van der Waals surface area (Å²) >= 11 is 0. The SMILES string of the molecule is NCCCOCCOCCOCCCNc1ncnc2c1ncn2C1OC(COP(=O)(O)OP(=O)(O)OCC2OC([n+]3cccc(C(N)=O)c3)C(O)C2O)C(O)C1O. The van der Waals surface area contributed by atoms with Crippen LogP contribution >= 0.6 is 15.6 Å². The fraction of sp³-hybridized carbons (Fsp3) is 0.645. The highest BCUT2D eigenvalue weighted by Gasteiger charge is 2.50. The molecule has 0 bridgehead atoms. The zero-order valence-corrected chi connectivity index (χ0v) is 32.8. The maximum Gasteiger partial charge on any atom is 0.481 e. The van der Waals surface area contributed by atoms with Gasteiger partial charge in [0.15, 0.2) is 41.7 Å². The van der Waals surface area contributed by atoms with Gasteiger partial charge in [-0.1, -0.05) is 0 Å². The summed E-state index contributed by atoms with van der Waals surface area (Å²) in [6.45, 7) is 2.09. The first-order valence-corrected chi connectivity index (χ1v) is 21.0. The van der Waals surface area contributed by atoms with Gasteiger partial charge in [-0.15, -0.1) is 0 Å². The number of hydrogen-bond donors (Lipinski definition) is 9. The minimum absolute atomic E-state index is 0.0660. The van der Waals surface area contributed by atoms with Gasteiger partial charge < -0.3 is 70.7 Å². The lowest BCUT2D eigenvalue weighted by molar-refractivity contribution is -0.765. The highest BCUT2D eigenvalue weighted by molar-refractivity contribution is 7.61. The third-order valence-electron chi connectivity index (χ3n) is 8.71. The van der Waals surface area contributed by atoms with E-state index in [4.69, 9.17) is 44.2 Å². The molecule has 3 aromatic rings. The number of phosphoric acid groups is 2. The van der Waals surface area contributed by atoms with Gasteiger partial charge in [0, 0.05) is 25.8 Å². The van der Waals surface area contributed by atoms with E-state index < -0.39 is 83.8 Å². The fourth-order valence-electron chi connectivity index (χ4n) is 5.80. The third kappa shape index (κ3) is 12.4. The number of aromatic nitrogens is 5. The molecule has 0 radical (unpaired) electrons. The van der Waals surface area contributed by atoms with E-state index in [1.807, 2.05) is 0 Å². The smallest absolute Gasteiger partial charge is 0.387 e. The predicted octanol–water partition coefficient (Wildman–Crippen LogP) is -2.40. The van der Waals surface area contributed by atoms with Gasteiger partial charge in [-0.05, 0) is 25.5 Å². The standard InChI is InChI=1S/C31H48N8O17P2/c32-5-2-8-49-10-12-51-13-11-50-9-3-6-34-28-22-29(36-17-35-28)39(18-37-22)31-26(43)24(41)21(55-31)16-53-58(47,48)56-57(45,46)52-15-20-23(40)25(42)30(54-20)38-7-1-4-19(14-38)27(33)44/h1,4,7,14,17-18,20-21,23-26,30-31,40-43H,2-3,5-6,8-13,15-16,32H2,(H4-,33,34,35,36,44,45,46,47,48)/p+1. The Labute approximate surface area is 330 Å². The van der Waals surface area contributed by atoms with E-state index in [0.717, 1.165) is 6.42 Å². The topological polar surface area (TPSA) is 358 Å². The number of amides is 1. The first-order valence-electron chi connectivity index (χ1n) is 18.1. The van der Waals surface area contributed by atoms with Crippen LogP contribution < -0.4 is 21.4 Å². The van der Waals surface area contributed by atoms with Gasteiger partial charge in [0.2, 0.25) is 0 Å². The molecule has 0 aromatic carbocycles. The molecular weight excluding hydrogens is 818 g/mol. The Morgan fingerprint density at radius 3 is 2.14 bits per heavy atom. The van der Waals surface area contributed by atoms with Crippen LogP contribution in [0, 0.1) is 0 Å². The Hall–Kier alpha value is -3.17. The molecule has 2 fully saturated rings. The maximum atomic E-state index is 12.6. The van der Waals surface area contributed by atoms with Crippen molar-refractivity contribution < 1.29 is 85.7 Å². The largest absolute Gasteiger partial charge is 0.481 e. The molecule has 0 aliphatic carbocycles. The van der Waals surface area contributed by atoms with E-state index in [2.05, 4.69) is 24.6 Å². The lowest BCUT2D eigenvalue weighted by Crippen LogP contribution is -2.46. The zero-order valence-electron chi connectivity index (χ0n) is 31.0. The summed E-state index contributed by atoms with van der Waals surface area (Å²) in [6, 6.07) is 2.84. The molecule has 3 aromatic heterocycles. The number of aliphatic hydroxyl groups excluding tert-OH is 4. The first kappa shape index (κ1) is 45.9. The summed E-state index contributed by atoms with van der Waals surface area (Å²) in [4.78, 5) is 44.6. The number of imidazole rings is 1. The summed E-state index contributed by atoms with van der Waals surface area (Å²) < 4.78 is 69.3. The van der Waals surface area contributed by atoms with Crippen molar-refractivity contribution in [3.05, 3.63) is 42.7 Å². The van der Waals surface area contributed by atoms with Gasteiger partial charge in [-0.3, -0.25) is 18.4 Å². The highest BCUT2D eigenvalue weighted by atomic mass is 31.3. The van der Waals surface area contributed by atoms with E-state index in [0.29, 0.717) is 70.5 Å². The molecule has 11 N–H and O–H groups in total. The van der Waals surface area contributed by atoms with E-state index >= 15 is 0 Å². The van der Waals surface area contributed by atoms with Crippen LogP contribution in [-0.4, -0.2) is 158 Å². The Morgan fingerprint density at radius 1 is 0.862 bits per heavy atom. The van der Waals surface area contributed by atoms with Gasteiger partial charge in [-0.25, -0.2) is 24.1 Å². The Morgan fingerprint density at radius 2 is 1.48 bits per heavy atom. The van der Waals surface area contributed by atoms with E-state index in [9.17, 15) is 44.1 Å². The van der Waals surface area contributed by atoms with Gasteiger partial charge in [0.25, 0.3) is 12.1 Å². The molecular formula is C31H49N8O17P2+. The second kappa shape index (κ2) is 21.4. The van der Waals surface area contributed by atoms with Crippen molar-refractivity contribution >= 4 is 38.5 Å². The lowest BCUT2D eigenvalue weighted by atomic mass is 10.1. The molecule has 0 spiro atoms. The number of nitrogens with zero attached hydrogens (tertiary/aromatic N) is 5. The summed E-state index contributed by atoms with van der Waals surface area (Å²) in [5.41, 5.74) is 11.3. The lowest BCUT2D eigenvalue weighted by Gasteiger charge is -2.20. The van der Waals surface area contributed by atoms with Gasteiger partial charge in [0.1, 0.15) is 42.4 Å². The molecule has 10 unspecified atom stereocenters. The highest BCUT2D eigenvalue weighted by Crippen LogP contribution is 2.60. The number of aliphatic hydroxyl groups is 4. The van der Waals surface area contributed by atoms with Gasteiger partial charge in [0.05, 0.1) is 46.0 Å². The molecule has 10 atom stereocenters. The number of nitrogens with one attached hydrogen (secondary N) is 1. The van der Waals surface area contributed by atoms with Crippen LogP contribution in [0.3, 0.4) is 0 Å². The number of primary amides is 1. The van der Waals surface area contributed by atoms with Crippen LogP contribution in [-0.2, 0) is 46.2 Å². The normalized spacial score (nSPS) is 26.8. The van der Waals surface area contributed by atoms with Crippen LogP contribution in [0.5, 0.6) is 0 Å². The average molecular weight is 868 g/mol. The van der Waals surface area contributed by atoms with Crippen molar-refractivity contribution in [2.75, 3.05) is 71.3 Å². The predicted molar refractivity (Wildman–Crippen MR) is 194 cm³/mol. The minimum atomic E-state index is -5.41. The quantitative estimate of drug-likeness (QED) is 0.0243. The summed E-state index contributed by atoms with van der Waals surface area (Å²) in [7, 11) is -10.8. The molecule has 1 amide bonds. The molecule has 5 heterocycles. The summed E-state index contributed by atoms with van der Waals surface area (Å²) in [6.07, 6.45) is -5.37. The number of ether oxygens (including phenoxy) is 5. The molecule has 0 saturated carbocycles. The number of anilines is 1. The van der Waals surface area contributed by atoms with Crippen LogP contribution in [0.25, 0.3) is 11.2 Å². The molecule has 58 heavy (non-hydrogen) atoms. The zero-order chi connectivity index (χ0) is 41.9. The van der Waals surface area contributed by atoms with Crippen LogP contribution in [0.1, 0.15) is 35.7 Å². The number of pyridine rings is 1. The second-order valence-corrected chi connectivity index (χ2v) is 16.0. The molecule has 324 valence electrons. The minimum Gasteiger partial charge on any atom is -0.387 e. The fourth-order valence-corrected chi connectivity index (χ4v) is 7.89. The second-order valence-electron chi connectivity index (χ2n) is 12.9. The summed E-state index contributed by atoms with van der Waals surface area (Å²) in [5, 5.41) is 45.5. The Balaban J connectivity index is 1.06. The monoisotopic (exact) mass is 867 g/mol. The third-order valence-corrected chi connectivity index (χ3v) is 11.3. The number of carbonyl (C=O) groups excluding carboxylic acids is 1. The van der Waals surface area contributed by atoms with Crippen molar-refractivity contribution in [2.24, 2.45) is 11.5 Å². The molecule has 5 rings (SSSR count). The van der Waals surface area contributed by atoms with Crippen LogP contribution in [0.15, 0.2) is 37.2 Å². The number of phosphoric ester groups is 2. The summed E-state index contributed by atoms with van der Waals surface area (Å²) in [5.74, 6) is -0.391. The Kier molecular flexibility index (Phi) is 16.9. The number of nitrogens with two attached hydrogens (primary N) is 2.